The van der Waals surface area contributed by atoms with E-state index >= 15 is 0 Å². The van der Waals surface area contributed by atoms with Crippen LogP contribution in [0.4, 0.5) is 15.6 Å². The zero-order valence-corrected chi connectivity index (χ0v) is 21.3. The van der Waals surface area contributed by atoms with Crippen molar-refractivity contribution in [2.24, 2.45) is 0 Å². The molecule has 168 valence electrons. The van der Waals surface area contributed by atoms with Crippen molar-refractivity contribution in [2.75, 3.05) is 36.4 Å². The smallest absolute Gasteiger partial charge is 0.321 e. The molecule has 6 nitrogen and oxygen atoms in total. The normalized spacial score (nSPS) is 14.3. The lowest BCUT2D eigenvalue weighted by Gasteiger charge is -2.29. The van der Waals surface area contributed by atoms with Crippen molar-refractivity contribution in [2.45, 2.75) is 25.8 Å². The highest BCUT2D eigenvalue weighted by Crippen LogP contribution is 2.33. The van der Waals surface area contributed by atoms with Gasteiger partial charge in [-0.25, -0.2) is 9.78 Å². The number of halogens is 1. The molecule has 1 fully saturated rings. The molecular formula is C24H28IN5OS. The van der Waals surface area contributed by atoms with Crippen LogP contribution in [0.25, 0.3) is 0 Å². The molecule has 2 heterocycles. The van der Waals surface area contributed by atoms with Crippen LogP contribution in [0.3, 0.4) is 0 Å². The van der Waals surface area contributed by atoms with Gasteiger partial charge in [0.15, 0.2) is 5.13 Å². The van der Waals surface area contributed by atoms with Gasteiger partial charge in [-0.3, -0.25) is 5.32 Å². The molecule has 32 heavy (non-hydrogen) atoms. The summed E-state index contributed by atoms with van der Waals surface area (Å²) in [6, 6.07) is 16.6. The lowest BCUT2D eigenvalue weighted by molar-refractivity contribution is 0.251. The number of urea groups is 1. The molecule has 0 spiro atoms. The van der Waals surface area contributed by atoms with E-state index in [4.69, 9.17) is 0 Å². The highest BCUT2D eigenvalue weighted by atomic mass is 127. The molecule has 0 unspecified atom stereocenters. The van der Waals surface area contributed by atoms with E-state index in [2.05, 4.69) is 111 Å². The number of anilines is 2. The molecule has 3 aromatic rings. The number of thiazole rings is 1. The Morgan fingerprint density at radius 3 is 2.50 bits per heavy atom. The van der Waals surface area contributed by atoms with E-state index in [0.717, 1.165) is 37.4 Å². The second-order valence-corrected chi connectivity index (χ2v) is 10.5. The molecule has 0 bridgehead atoms. The molecule has 1 aliphatic heterocycles. The molecular weight excluding hydrogens is 533 g/mol. The first-order valence-corrected chi connectivity index (χ1v) is 12.7. The highest BCUT2D eigenvalue weighted by Gasteiger charge is 2.26. The van der Waals surface area contributed by atoms with Crippen molar-refractivity contribution in [1.29, 1.82) is 0 Å². The summed E-state index contributed by atoms with van der Waals surface area (Å²) in [4.78, 5) is 19.4. The van der Waals surface area contributed by atoms with Crippen molar-refractivity contribution in [3.8, 4) is 0 Å². The number of carbonyl (C=O) groups is 1. The third-order valence-corrected chi connectivity index (χ3v) is 7.28. The first-order chi connectivity index (χ1) is 15.4. The van der Waals surface area contributed by atoms with Crippen LogP contribution in [0.15, 0.2) is 53.9 Å². The van der Waals surface area contributed by atoms with Gasteiger partial charge in [0, 0.05) is 52.8 Å². The first-order valence-electron chi connectivity index (χ1n) is 10.7. The van der Waals surface area contributed by atoms with E-state index in [9.17, 15) is 4.79 Å². The van der Waals surface area contributed by atoms with Crippen molar-refractivity contribution in [1.82, 2.24) is 15.6 Å². The van der Waals surface area contributed by atoms with Gasteiger partial charge in [-0.1, -0.05) is 38.1 Å². The molecule has 0 atom stereocenters. The largest absolute Gasteiger partial charge is 0.369 e. The van der Waals surface area contributed by atoms with Crippen molar-refractivity contribution in [3.63, 3.8) is 0 Å². The number of aromatic nitrogens is 1. The Bertz CT molecular complexity index is 1040. The first kappa shape index (κ1) is 23.0. The Labute approximate surface area is 207 Å². The minimum Gasteiger partial charge on any atom is -0.369 e. The number of piperazine rings is 1. The lowest BCUT2D eigenvalue weighted by Crippen LogP contribution is -2.43. The SMILES string of the molecule is CC(C)(c1ccc(I)cc1)c1csc(NC(=O)NCc2ccc(N3CCNCC3)cc2)n1. The Kier molecular flexibility index (Phi) is 7.32. The van der Waals surface area contributed by atoms with E-state index in [-0.39, 0.29) is 11.4 Å². The molecule has 1 aliphatic rings. The molecule has 1 saturated heterocycles. The van der Waals surface area contributed by atoms with Crippen LogP contribution < -0.4 is 20.9 Å². The number of carbonyl (C=O) groups excluding carboxylic acids is 1. The second-order valence-electron chi connectivity index (χ2n) is 8.38. The lowest BCUT2D eigenvalue weighted by atomic mass is 9.82. The molecule has 3 N–H and O–H groups in total. The fourth-order valence-electron chi connectivity index (χ4n) is 3.70. The fraction of sp³-hybridized carbons (Fsp3) is 0.333. The van der Waals surface area contributed by atoms with Crippen molar-refractivity contribution < 1.29 is 4.79 Å². The fourth-order valence-corrected chi connectivity index (χ4v) is 4.94. The Balaban J connectivity index is 1.31. The molecule has 2 amide bonds. The summed E-state index contributed by atoms with van der Waals surface area (Å²) in [7, 11) is 0. The monoisotopic (exact) mass is 561 g/mol. The molecule has 1 aromatic heterocycles. The zero-order valence-electron chi connectivity index (χ0n) is 18.3. The summed E-state index contributed by atoms with van der Waals surface area (Å²) in [5, 5.41) is 11.8. The van der Waals surface area contributed by atoms with Gasteiger partial charge in [0.1, 0.15) is 0 Å². The van der Waals surface area contributed by atoms with Crippen molar-refractivity contribution >= 4 is 50.8 Å². The van der Waals surface area contributed by atoms with Gasteiger partial charge in [0.25, 0.3) is 0 Å². The van der Waals surface area contributed by atoms with E-state index < -0.39 is 0 Å². The summed E-state index contributed by atoms with van der Waals surface area (Å²) in [5.74, 6) is 0. The van der Waals surface area contributed by atoms with E-state index in [0.29, 0.717) is 11.7 Å². The van der Waals surface area contributed by atoms with Crippen LogP contribution in [0.1, 0.15) is 30.7 Å². The number of amides is 2. The number of rotatable bonds is 6. The minimum atomic E-state index is -0.246. The summed E-state index contributed by atoms with van der Waals surface area (Å²) < 4.78 is 1.21. The number of hydrogen-bond donors (Lipinski definition) is 3. The third kappa shape index (κ3) is 5.60. The van der Waals surface area contributed by atoms with Gasteiger partial charge in [-0.2, -0.15) is 0 Å². The van der Waals surface area contributed by atoms with Crippen LogP contribution in [0.2, 0.25) is 0 Å². The number of hydrogen-bond acceptors (Lipinski definition) is 5. The Hall–Kier alpha value is -2.17. The maximum absolute atomic E-state index is 12.4. The van der Waals surface area contributed by atoms with E-state index in [1.54, 1.807) is 0 Å². The average Bonchev–Trinajstić information content (AvgIpc) is 3.28. The van der Waals surface area contributed by atoms with Crippen LogP contribution in [-0.4, -0.2) is 37.2 Å². The van der Waals surface area contributed by atoms with E-state index in [1.165, 1.54) is 26.2 Å². The summed E-state index contributed by atoms with van der Waals surface area (Å²) in [5.41, 5.74) is 4.21. The second kappa shape index (κ2) is 10.2. The van der Waals surface area contributed by atoms with Crippen LogP contribution in [0, 0.1) is 3.57 Å². The topological polar surface area (TPSA) is 69.3 Å². The third-order valence-electron chi connectivity index (χ3n) is 5.80. The van der Waals surface area contributed by atoms with Crippen LogP contribution in [-0.2, 0) is 12.0 Å². The van der Waals surface area contributed by atoms with Crippen LogP contribution >= 0.6 is 33.9 Å². The number of benzene rings is 2. The highest BCUT2D eigenvalue weighted by molar-refractivity contribution is 14.1. The maximum atomic E-state index is 12.4. The molecule has 8 heteroatoms. The van der Waals surface area contributed by atoms with Gasteiger partial charge in [-0.15, -0.1) is 11.3 Å². The average molecular weight is 561 g/mol. The molecule has 4 rings (SSSR count). The summed E-state index contributed by atoms with van der Waals surface area (Å²) in [6.45, 7) is 8.86. The summed E-state index contributed by atoms with van der Waals surface area (Å²) >= 11 is 3.75. The van der Waals surface area contributed by atoms with Crippen molar-refractivity contribution in [3.05, 3.63) is 74.3 Å². The van der Waals surface area contributed by atoms with E-state index in [1.807, 2.05) is 5.38 Å². The predicted octanol–water partition coefficient (Wildman–Crippen LogP) is 4.80. The molecule has 2 aromatic carbocycles. The molecule has 0 aliphatic carbocycles. The Morgan fingerprint density at radius 1 is 1.12 bits per heavy atom. The zero-order chi connectivity index (χ0) is 22.6. The standard InChI is InChI=1S/C24H28IN5OS/c1-24(2,18-5-7-19(25)8-6-18)21-16-32-23(28-21)29-22(31)27-15-17-3-9-20(10-4-17)30-13-11-26-12-14-30/h3-10,16,26H,11-15H2,1-2H3,(H2,27,28,29,31). The van der Waals surface area contributed by atoms with Gasteiger partial charge in [0.2, 0.25) is 0 Å². The number of nitrogens with one attached hydrogen (secondary N) is 3. The summed E-state index contributed by atoms with van der Waals surface area (Å²) in [6.07, 6.45) is 0. The van der Waals surface area contributed by atoms with Gasteiger partial charge >= 0.3 is 6.03 Å². The van der Waals surface area contributed by atoms with Gasteiger partial charge in [-0.05, 0) is 58.0 Å². The van der Waals surface area contributed by atoms with Gasteiger partial charge < -0.3 is 15.5 Å². The predicted molar refractivity (Wildman–Crippen MR) is 141 cm³/mol. The van der Waals surface area contributed by atoms with Gasteiger partial charge in [0.05, 0.1) is 5.69 Å². The maximum Gasteiger partial charge on any atom is 0.321 e. The number of nitrogens with zero attached hydrogens (tertiary/aromatic N) is 2. The minimum absolute atomic E-state index is 0.233. The Morgan fingerprint density at radius 2 is 1.81 bits per heavy atom. The molecule has 0 radical (unpaired) electrons. The molecule has 0 saturated carbocycles. The quantitative estimate of drug-likeness (QED) is 0.378. The van der Waals surface area contributed by atoms with Crippen LogP contribution in [0.5, 0.6) is 0 Å².